The number of rotatable bonds is 5. The van der Waals surface area contributed by atoms with Gasteiger partial charge in [-0.1, -0.05) is 17.7 Å². The molecule has 1 heterocycles. The highest BCUT2D eigenvalue weighted by Gasteiger charge is 2.28. The molecule has 0 unspecified atom stereocenters. The second kappa shape index (κ2) is 6.66. The lowest BCUT2D eigenvalue weighted by Crippen LogP contribution is -2.49. The van der Waals surface area contributed by atoms with Gasteiger partial charge in [0.25, 0.3) is 0 Å². The molecule has 0 radical (unpaired) electrons. The summed E-state index contributed by atoms with van der Waals surface area (Å²) in [4.78, 5) is 2.30. The van der Waals surface area contributed by atoms with E-state index in [4.69, 9.17) is 0 Å². The molecule has 2 rings (SSSR count). The van der Waals surface area contributed by atoms with E-state index in [9.17, 15) is 16.8 Å². The van der Waals surface area contributed by atoms with E-state index in [-0.39, 0.29) is 5.75 Å². The fourth-order valence-corrected chi connectivity index (χ4v) is 4.36. The highest BCUT2D eigenvalue weighted by atomic mass is 32.2. The van der Waals surface area contributed by atoms with Crippen LogP contribution in [0.15, 0.2) is 29.2 Å². The van der Waals surface area contributed by atoms with Crippen LogP contribution in [0.1, 0.15) is 5.56 Å². The first-order chi connectivity index (χ1) is 10.2. The zero-order valence-corrected chi connectivity index (χ0v) is 14.5. The Morgan fingerprint density at radius 2 is 1.50 bits per heavy atom. The van der Waals surface area contributed by atoms with E-state index >= 15 is 0 Å². The van der Waals surface area contributed by atoms with E-state index in [2.05, 4.69) is 0 Å². The summed E-state index contributed by atoms with van der Waals surface area (Å²) in [6.45, 7) is 4.26. The van der Waals surface area contributed by atoms with Crippen molar-refractivity contribution in [2.24, 2.45) is 0 Å². The van der Waals surface area contributed by atoms with Crippen LogP contribution in [-0.4, -0.2) is 70.8 Å². The largest absolute Gasteiger partial charge is 0.300 e. The Balaban J connectivity index is 1.97. The Kier molecular flexibility index (Phi) is 5.26. The van der Waals surface area contributed by atoms with Crippen molar-refractivity contribution in [3.05, 3.63) is 29.8 Å². The van der Waals surface area contributed by atoms with E-state index in [1.807, 2.05) is 11.8 Å². The van der Waals surface area contributed by atoms with Gasteiger partial charge in [0.2, 0.25) is 10.0 Å². The molecule has 1 saturated heterocycles. The fraction of sp³-hybridized carbons (Fsp3) is 0.571. The molecule has 0 aliphatic carbocycles. The lowest BCUT2D eigenvalue weighted by atomic mass is 10.2. The molecular weight excluding hydrogens is 324 g/mol. The van der Waals surface area contributed by atoms with Gasteiger partial charge in [0.15, 0.2) is 0 Å². The monoisotopic (exact) mass is 346 g/mol. The summed E-state index contributed by atoms with van der Waals surface area (Å²) in [5.74, 6) is 0.109. The van der Waals surface area contributed by atoms with Crippen LogP contribution in [0.25, 0.3) is 0 Å². The van der Waals surface area contributed by atoms with Gasteiger partial charge in [-0.25, -0.2) is 16.8 Å². The normalized spacial score (nSPS) is 18.5. The van der Waals surface area contributed by atoms with E-state index < -0.39 is 19.9 Å². The molecule has 1 aromatic carbocycles. The van der Waals surface area contributed by atoms with Gasteiger partial charge in [-0.3, -0.25) is 4.90 Å². The Labute approximate surface area is 132 Å². The van der Waals surface area contributed by atoms with Crippen molar-refractivity contribution in [1.82, 2.24) is 9.21 Å². The van der Waals surface area contributed by atoms with Crippen molar-refractivity contribution in [2.45, 2.75) is 11.8 Å². The highest BCUT2D eigenvalue weighted by molar-refractivity contribution is 7.90. The first-order valence-corrected chi connectivity index (χ1v) is 10.7. The molecule has 0 atom stereocenters. The second-order valence-electron chi connectivity index (χ2n) is 5.69. The topological polar surface area (TPSA) is 74.8 Å². The maximum Gasteiger partial charge on any atom is 0.243 e. The smallest absolute Gasteiger partial charge is 0.243 e. The summed E-state index contributed by atoms with van der Waals surface area (Å²) in [7, 11) is -6.44. The Hall–Kier alpha value is -0.960. The summed E-state index contributed by atoms with van der Waals surface area (Å²) < 4.78 is 48.9. The molecule has 1 fully saturated rings. The van der Waals surface area contributed by atoms with Gasteiger partial charge in [0.05, 0.1) is 10.6 Å². The minimum absolute atomic E-state index is 0.109. The molecule has 0 N–H and O–H groups in total. The summed E-state index contributed by atoms with van der Waals surface area (Å²) in [5.41, 5.74) is 1.02. The van der Waals surface area contributed by atoms with Crippen LogP contribution < -0.4 is 0 Å². The number of hydrogen-bond donors (Lipinski definition) is 0. The molecule has 0 amide bonds. The minimum atomic E-state index is -3.46. The van der Waals surface area contributed by atoms with Gasteiger partial charge >= 0.3 is 0 Å². The molecule has 0 aromatic heterocycles. The zero-order valence-electron chi connectivity index (χ0n) is 12.9. The Morgan fingerprint density at radius 3 is 2.00 bits per heavy atom. The highest BCUT2D eigenvalue weighted by Crippen LogP contribution is 2.18. The number of piperazine rings is 1. The zero-order chi connectivity index (χ0) is 16.4. The number of aryl methyl sites for hydroxylation is 1. The average molecular weight is 346 g/mol. The van der Waals surface area contributed by atoms with Gasteiger partial charge < -0.3 is 0 Å². The first kappa shape index (κ1) is 17.4. The molecule has 1 aliphatic rings. The van der Waals surface area contributed by atoms with Crippen LogP contribution in [0.5, 0.6) is 0 Å². The van der Waals surface area contributed by atoms with Crippen LogP contribution in [0.2, 0.25) is 0 Å². The summed E-state index contributed by atoms with van der Waals surface area (Å²) >= 11 is 0. The van der Waals surface area contributed by atoms with Crippen LogP contribution in [-0.2, 0) is 19.9 Å². The minimum Gasteiger partial charge on any atom is -0.300 e. The van der Waals surface area contributed by atoms with Crippen molar-refractivity contribution in [3.8, 4) is 0 Å². The van der Waals surface area contributed by atoms with E-state index in [0.29, 0.717) is 37.6 Å². The van der Waals surface area contributed by atoms with Crippen molar-refractivity contribution in [1.29, 1.82) is 0 Å². The third kappa shape index (κ3) is 4.52. The van der Waals surface area contributed by atoms with Crippen molar-refractivity contribution < 1.29 is 16.8 Å². The van der Waals surface area contributed by atoms with Gasteiger partial charge in [-0.15, -0.1) is 0 Å². The lowest BCUT2D eigenvalue weighted by Gasteiger charge is -2.33. The molecule has 0 saturated carbocycles. The quantitative estimate of drug-likeness (QED) is 0.769. The van der Waals surface area contributed by atoms with Gasteiger partial charge in [0, 0.05) is 39.0 Å². The molecule has 124 valence electrons. The third-order valence-electron chi connectivity index (χ3n) is 3.77. The molecule has 1 aliphatic heterocycles. The van der Waals surface area contributed by atoms with Gasteiger partial charge in [0.1, 0.15) is 9.84 Å². The Morgan fingerprint density at radius 1 is 0.955 bits per heavy atom. The molecule has 0 bridgehead atoms. The third-order valence-corrected chi connectivity index (χ3v) is 6.61. The van der Waals surface area contributed by atoms with Crippen LogP contribution in [0, 0.1) is 6.92 Å². The molecular formula is C14H22N2O4S2. The Bertz CT molecular complexity index is 704. The van der Waals surface area contributed by atoms with Crippen LogP contribution in [0.3, 0.4) is 0 Å². The summed E-state index contributed by atoms with van der Waals surface area (Å²) in [5, 5.41) is 0. The second-order valence-corrected chi connectivity index (χ2v) is 9.89. The van der Waals surface area contributed by atoms with E-state index in [0.717, 1.165) is 5.56 Å². The molecule has 0 spiro atoms. The number of nitrogens with zero attached hydrogens (tertiary/aromatic N) is 2. The summed E-state index contributed by atoms with van der Waals surface area (Å²) in [6.07, 6.45) is 1.21. The number of hydrogen-bond acceptors (Lipinski definition) is 5. The lowest BCUT2D eigenvalue weighted by molar-refractivity contribution is 0.197. The average Bonchev–Trinajstić information content (AvgIpc) is 2.45. The maximum atomic E-state index is 12.5. The van der Waals surface area contributed by atoms with Crippen LogP contribution in [0.4, 0.5) is 0 Å². The van der Waals surface area contributed by atoms with Gasteiger partial charge in [-0.05, 0) is 19.1 Å². The van der Waals surface area contributed by atoms with Crippen molar-refractivity contribution in [2.75, 3.05) is 44.7 Å². The van der Waals surface area contributed by atoms with E-state index in [1.165, 1.54) is 10.6 Å². The van der Waals surface area contributed by atoms with Gasteiger partial charge in [-0.2, -0.15) is 4.31 Å². The SMILES string of the molecule is Cc1ccc(S(=O)(=O)N2CCN(CCS(C)(=O)=O)CC2)cc1. The summed E-state index contributed by atoms with van der Waals surface area (Å²) in [6, 6.07) is 6.83. The fourth-order valence-electron chi connectivity index (χ4n) is 2.35. The number of sulfone groups is 1. The predicted octanol–water partition coefficient (Wildman–Crippen LogP) is 0.346. The number of sulfonamides is 1. The first-order valence-electron chi connectivity index (χ1n) is 7.15. The molecule has 22 heavy (non-hydrogen) atoms. The molecule has 6 nitrogen and oxygen atoms in total. The van der Waals surface area contributed by atoms with Crippen molar-refractivity contribution in [3.63, 3.8) is 0 Å². The predicted molar refractivity (Wildman–Crippen MR) is 86.1 cm³/mol. The van der Waals surface area contributed by atoms with E-state index in [1.54, 1.807) is 24.3 Å². The van der Waals surface area contributed by atoms with Crippen LogP contribution >= 0.6 is 0 Å². The molecule has 1 aromatic rings. The maximum absolute atomic E-state index is 12.5. The molecule has 8 heteroatoms. The van der Waals surface area contributed by atoms with Crippen molar-refractivity contribution >= 4 is 19.9 Å². The standard InChI is InChI=1S/C14H22N2O4S2/c1-13-3-5-14(6-4-13)22(19,20)16-9-7-15(8-10-16)11-12-21(2,17)18/h3-6H,7-12H2,1-2H3. The number of benzene rings is 1.